The fourth-order valence-electron chi connectivity index (χ4n) is 2.88. The second kappa shape index (κ2) is 8.64. The molecule has 0 fully saturated rings. The van der Waals surface area contributed by atoms with Crippen LogP contribution < -0.4 is 4.74 Å². The van der Waals surface area contributed by atoms with Crippen LogP contribution in [0.3, 0.4) is 0 Å². The second-order valence-electron chi connectivity index (χ2n) is 6.35. The van der Waals surface area contributed by atoms with Crippen LogP contribution in [-0.4, -0.2) is 14.5 Å². The lowest BCUT2D eigenvalue weighted by atomic mass is 10.1. The molecule has 4 aromatic rings. The molecule has 0 bridgehead atoms. The lowest BCUT2D eigenvalue weighted by Crippen LogP contribution is -1.98. The lowest BCUT2D eigenvalue weighted by Gasteiger charge is -2.06. The Morgan fingerprint density at radius 3 is 2.63 bits per heavy atom. The van der Waals surface area contributed by atoms with Gasteiger partial charge in [0.2, 0.25) is 0 Å². The van der Waals surface area contributed by atoms with Crippen molar-refractivity contribution in [3.05, 3.63) is 90.0 Å². The largest absolute Gasteiger partial charge is 0.487 e. The van der Waals surface area contributed by atoms with E-state index < -0.39 is 0 Å². The van der Waals surface area contributed by atoms with Crippen molar-refractivity contribution in [2.24, 2.45) is 0 Å². The van der Waals surface area contributed by atoms with E-state index in [1.54, 1.807) is 11.3 Å². The number of hydrogen-bond acceptors (Lipinski definition) is 4. The Balaban J connectivity index is 1.27. The average Bonchev–Trinajstić information content (AvgIpc) is 3.40. The number of aryl methyl sites for hydroxylation is 2. The first-order valence-electron chi connectivity index (χ1n) is 9.04. The van der Waals surface area contributed by atoms with Crippen LogP contribution in [0.4, 0.5) is 0 Å². The van der Waals surface area contributed by atoms with Crippen LogP contribution in [0.5, 0.6) is 5.75 Å². The fraction of sp³-hybridized carbons (Fsp3) is 0.182. The number of benzene rings is 2. The molecule has 0 N–H and O–H groups in total. The van der Waals surface area contributed by atoms with Gasteiger partial charge in [-0.1, -0.05) is 42.5 Å². The van der Waals surface area contributed by atoms with Gasteiger partial charge >= 0.3 is 0 Å². The quantitative estimate of drug-likeness (QED) is 0.424. The van der Waals surface area contributed by atoms with E-state index >= 15 is 0 Å². The number of nitrogens with zero attached hydrogens (tertiary/aromatic N) is 3. The third-order valence-electron chi connectivity index (χ3n) is 4.32. The molecule has 4 nitrogen and oxygen atoms in total. The second-order valence-corrected chi connectivity index (χ2v) is 7.20. The lowest BCUT2D eigenvalue weighted by molar-refractivity contribution is 0.302. The van der Waals surface area contributed by atoms with Gasteiger partial charge in [-0.15, -0.1) is 11.3 Å². The van der Waals surface area contributed by atoms with Crippen molar-refractivity contribution < 1.29 is 4.74 Å². The van der Waals surface area contributed by atoms with Crippen LogP contribution in [0.1, 0.15) is 17.7 Å². The van der Waals surface area contributed by atoms with Gasteiger partial charge in [-0.2, -0.15) is 0 Å². The van der Waals surface area contributed by atoms with Crippen LogP contribution in [0.15, 0.2) is 78.7 Å². The molecule has 0 saturated carbocycles. The number of thiazole rings is 1. The first-order valence-corrected chi connectivity index (χ1v) is 9.92. The molecule has 0 aliphatic carbocycles. The summed E-state index contributed by atoms with van der Waals surface area (Å²) in [6.07, 6.45) is 7.82. The number of hydrogen-bond donors (Lipinski definition) is 0. The summed E-state index contributed by atoms with van der Waals surface area (Å²) in [5.74, 6) is 0.877. The minimum absolute atomic E-state index is 0.489. The van der Waals surface area contributed by atoms with E-state index in [1.807, 2.05) is 49.1 Å². The van der Waals surface area contributed by atoms with Gasteiger partial charge in [0, 0.05) is 29.9 Å². The monoisotopic (exact) mass is 375 g/mol. The number of ether oxygens (including phenoxy) is 1. The molecule has 0 saturated heterocycles. The van der Waals surface area contributed by atoms with E-state index in [2.05, 4.69) is 44.2 Å². The zero-order valence-electron chi connectivity index (χ0n) is 15.0. The minimum Gasteiger partial charge on any atom is -0.487 e. The maximum atomic E-state index is 5.89. The highest BCUT2D eigenvalue weighted by atomic mass is 32.1. The Hall–Kier alpha value is -2.92. The Labute approximate surface area is 163 Å². The van der Waals surface area contributed by atoms with Gasteiger partial charge in [0.1, 0.15) is 17.4 Å². The third kappa shape index (κ3) is 4.83. The predicted molar refractivity (Wildman–Crippen MR) is 109 cm³/mol. The summed E-state index contributed by atoms with van der Waals surface area (Å²) >= 11 is 1.65. The van der Waals surface area contributed by atoms with E-state index in [1.165, 1.54) is 5.56 Å². The maximum Gasteiger partial charge on any atom is 0.131 e. The molecule has 0 aliphatic rings. The summed E-state index contributed by atoms with van der Waals surface area (Å²) in [7, 11) is 0. The van der Waals surface area contributed by atoms with Crippen LogP contribution >= 0.6 is 11.3 Å². The smallest absolute Gasteiger partial charge is 0.131 e. The van der Waals surface area contributed by atoms with E-state index in [0.29, 0.717) is 6.61 Å². The zero-order chi connectivity index (χ0) is 18.3. The molecule has 0 unspecified atom stereocenters. The number of imidazole rings is 1. The summed E-state index contributed by atoms with van der Waals surface area (Å²) in [4.78, 5) is 8.73. The Morgan fingerprint density at radius 1 is 1.00 bits per heavy atom. The summed E-state index contributed by atoms with van der Waals surface area (Å²) in [6.45, 7) is 1.48. The van der Waals surface area contributed by atoms with Crippen LogP contribution in [0.25, 0.3) is 10.6 Å². The SMILES string of the molecule is c1ccc(-c2nc(COc3ccc(CCCn4ccnc4)cc3)cs2)cc1. The highest BCUT2D eigenvalue weighted by Crippen LogP contribution is 2.24. The first-order chi connectivity index (χ1) is 13.4. The van der Waals surface area contributed by atoms with Crippen molar-refractivity contribution in [1.82, 2.24) is 14.5 Å². The zero-order valence-corrected chi connectivity index (χ0v) is 15.8. The molecule has 2 heterocycles. The minimum atomic E-state index is 0.489. The Morgan fingerprint density at radius 2 is 1.85 bits per heavy atom. The van der Waals surface area contributed by atoms with Crippen LogP contribution in [0.2, 0.25) is 0 Å². The summed E-state index contributed by atoms with van der Waals surface area (Å²) in [6, 6.07) is 18.6. The molecule has 2 aromatic heterocycles. The van der Waals surface area contributed by atoms with Gasteiger partial charge in [0.25, 0.3) is 0 Å². The molecule has 0 spiro atoms. The molecule has 0 radical (unpaired) electrons. The normalized spacial score (nSPS) is 10.8. The van der Waals surface area contributed by atoms with Gasteiger partial charge in [0.05, 0.1) is 12.0 Å². The van der Waals surface area contributed by atoms with Crippen molar-refractivity contribution in [1.29, 1.82) is 0 Å². The molecule has 2 aromatic carbocycles. The van der Waals surface area contributed by atoms with E-state index in [-0.39, 0.29) is 0 Å². The standard InChI is InChI=1S/C22H21N3OS/c1-2-6-19(7-3-1)22-24-20(16-27-22)15-26-21-10-8-18(9-11-21)5-4-13-25-14-12-23-17-25/h1-3,6-12,14,16-17H,4-5,13,15H2. The van der Waals surface area contributed by atoms with Gasteiger partial charge in [0.15, 0.2) is 0 Å². The average molecular weight is 375 g/mol. The molecule has 0 atom stereocenters. The maximum absolute atomic E-state index is 5.89. The summed E-state index contributed by atoms with van der Waals surface area (Å²) < 4.78 is 8.00. The van der Waals surface area contributed by atoms with E-state index in [0.717, 1.165) is 41.4 Å². The molecule has 0 amide bonds. The Bertz CT molecular complexity index is 947. The van der Waals surface area contributed by atoms with Crippen molar-refractivity contribution in [2.75, 3.05) is 0 Å². The summed E-state index contributed by atoms with van der Waals surface area (Å²) in [5, 5.41) is 3.09. The van der Waals surface area contributed by atoms with Gasteiger partial charge < -0.3 is 9.30 Å². The van der Waals surface area contributed by atoms with E-state index in [9.17, 15) is 0 Å². The topological polar surface area (TPSA) is 39.9 Å². The highest BCUT2D eigenvalue weighted by molar-refractivity contribution is 7.13. The van der Waals surface area contributed by atoms with Crippen molar-refractivity contribution >= 4 is 11.3 Å². The van der Waals surface area contributed by atoms with Crippen LogP contribution in [-0.2, 0) is 19.6 Å². The van der Waals surface area contributed by atoms with E-state index in [4.69, 9.17) is 4.74 Å². The number of rotatable bonds is 8. The third-order valence-corrected chi connectivity index (χ3v) is 5.26. The Kier molecular flexibility index (Phi) is 5.60. The van der Waals surface area contributed by atoms with Gasteiger partial charge in [-0.25, -0.2) is 9.97 Å². The first kappa shape index (κ1) is 17.5. The highest BCUT2D eigenvalue weighted by Gasteiger charge is 2.05. The molecule has 5 heteroatoms. The van der Waals surface area contributed by atoms with Crippen molar-refractivity contribution in [3.63, 3.8) is 0 Å². The fourth-order valence-corrected chi connectivity index (χ4v) is 3.69. The molecule has 4 rings (SSSR count). The molecular weight excluding hydrogens is 354 g/mol. The molecule has 0 aliphatic heterocycles. The molecule has 136 valence electrons. The number of aromatic nitrogens is 3. The molecular formula is C22H21N3OS. The van der Waals surface area contributed by atoms with Gasteiger partial charge in [-0.05, 0) is 30.5 Å². The van der Waals surface area contributed by atoms with Gasteiger partial charge in [-0.3, -0.25) is 0 Å². The van der Waals surface area contributed by atoms with Crippen LogP contribution in [0, 0.1) is 0 Å². The molecule has 27 heavy (non-hydrogen) atoms. The summed E-state index contributed by atoms with van der Waals surface area (Å²) in [5.41, 5.74) is 3.43. The predicted octanol–water partition coefficient (Wildman–Crippen LogP) is 5.22. The van der Waals surface area contributed by atoms with Crippen molar-refractivity contribution in [2.45, 2.75) is 26.0 Å². The van der Waals surface area contributed by atoms with Crippen molar-refractivity contribution in [3.8, 4) is 16.3 Å².